The Morgan fingerprint density at radius 2 is 1.86 bits per heavy atom. The van der Waals surface area contributed by atoms with Gasteiger partial charge < -0.3 is 55.9 Å². The number of aromatic amines is 1. The van der Waals surface area contributed by atoms with Crippen LogP contribution in [-0.4, -0.2) is 110 Å². The number of carbonyl (C=O) groups is 1. The highest BCUT2D eigenvalue weighted by Crippen LogP contribution is 2.41. The fraction of sp³-hybridized carbons (Fsp3) is 0.394. The normalized spacial score (nSPS) is 22.4. The molecule has 2 fully saturated rings. The minimum Gasteiger partial charge on any atom is -0.493 e. The van der Waals surface area contributed by atoms with Crippen LogP contribution in [0.5, 0.6) is 5.88 Å². The largest absolute Gasteiger partial charge is 0.493 e. The van der Waals surface area contributed by atoms with E-state index in [-0.39, 0.29) is 30.8 Å². The van der Waals surface area contributed by atoms with E-state index in [0.717, 1.165) is 10.1 Å². The molecule has 7 rings (SSSR count). The van der Waals surface area contributed by atoms with Gasteiger partial charge in [-0.2, -0.15) is 9.97 Å². The number of hydrogen-bond donors (Lipinski definition) is 9. The number of rotatable bonds is 11. The van der Waals surface area contributed by atoms with Crippen molar-refractivity contribution in [2.24, 2.45) is 0 Å². The summed E-state index contributed by atoms with van der Waals surface area (Å²) in [4.78, 5) is 48.0. The standard InChI is InChI=1S/C33H39N11O7/c45-15-21(11-18-5-2-1-3-6-18)36-28-25-29(41-31(40-28)42-10-8-20(14-42)38-32(50)37-19-7-4-9-34-13-19)43(17-35-25)23-12-24(27(48)26(23)47)44-30(49)22(16-46)39-33(44)51/h1-7,9,13,17,20-21,23-24,26-27,45-49H,8,10-12,14-16H2,(H,39,51)(H,36,40,41)(H2,37,38,50)/t20-,21+,23-,24+,26+,27-/m1/s1. The fourth-order valence-corrected chi connectivity index (χ4v) is 6.91. The Labute approximate surface area is 290 Å². The third-order valence-electron chi connectivity index (χ3n) is 9.46. The quantitative estimate of drug-likeness (QED) is 0.0896. The van der Waals surface area contributed by atoms with Crippen molar-refractivity contribution >= 4 is 34.6 Å². The van der Waals surface area contributed by atoms with Gasteiger partial charge in [0.15, 0.2) is 17.0 Å². The van der Waals surface area contributed by atoms with Gasteiger partial charge in [0.2, 0.25) is 11.8 Å². The highest BCUT2D eigenvalue weighted by atomic mass is 16.3. The Morgan fingerprint density at radius 3 is 2.59 bits per heavy atom. The van der Waals surface area contributed by atoms with E-state index in [0.29, 0.717) is 54.5 Å². The number of imidazole rings is 2. The average Bonchev–Trinajstić information content (AvgIpc) is 3.91. The van der Waals surface area contributed by atoms with Crippen LogP contribution < -0.4 is 26.5 Å². The number of nitrogens with zero attached hydrogens (tertiary/aromatic N) is 7. The van der Waals surface area contributed by atoms with Gasteiger partial charge in [-0.15, -0.1) is 0 Å². The number of anilines is 3. The summed E-state index contributed by atoms with van der Waals surface area (Å²) in [6.07, 6.45) is 2.90. The highest BCUT2D eigenvalue weighted by molar-refractivity contribution is 5.89. The lowest BCUT2D eigenvalue weighted by molar-refractivity contribution is 0.00758. The molecule has 2 amide bonds. The molecule has 51 heavy (non-hydrogen) atoms. The molecule has 1 aliphatic heterocycles. The molecular weight excluding hydrogens is 662 g/mol. The average molecular weight is 702 g/mol. The molecule has 0 bridgehead atoms. The first-order chi connectivity index (χ1) is 24.7. The molecule has 1 saturated carbocycles. The number of carbonyl (C=O) groups excluding carboxylic acids is 1. The van der Waals surface area contributed by atoms with Gasteiger partial charge in [-0.1, -0.05) is 30.3 Å². The van der Waals surface area contributed by atoms with E-state index in [1.165, 1.54) is 6.33 Å². The molecule has 18 heteroatoms. The lowest BCUT2D eigenvalue weighted by Gasteiger charge is -2.22. The van der Waals surface area contributed by atoms with Gasteiger partial charge in [-0.05, 0) is 37.0 Å². The topological polar surface area (TPSA) is 252 Å². The van der Waals surface area contributed by atoms with Crippen LogP contribution in [0.25, 0.3) is 11.2 Å². The predicted molar refractivity (Wildman–Crippen MR) is 184 cm³/mol. The second kappa shape index (κ2) is 14.4. The van der Waals surface area contributed by atoms with Crippen molar-refractivity contribution in [2.75, 3.05) is 35.2 Å². The van der Waals surface area contributed by atoms with Crippen molar-refractivity contribution in [2.45, 2.75) is 62.2 Å². The molecule has 1 aliphatic carbocycles. The van der Waals surface area contributed by atoms with Gasteiger partial charge >= 0.3 is 11.7 Å². The van der Waals surface area contributed by atoms with Crippen molar-refractivity contribution in [3.8, 4) is 5.88 Å². The van der Waals surface area contributed by atoms with Gasteiger partial charge in [0, 0.05) is 25.3 Å². The Hall–Kier alpha value is -5.56. The van der Waals surface area contributed by atoms with Crippen molar-refractivity contribution in [1.29, 1.82) is 0 Å². The summed E-state index contributed by atoms with van der Waals surface area (Å²) < 4.78 is 2.54. The van der Waals surface area contributed by atoms with Crippen LogP contribution in [0.4, 0.5) is 22.2 Å². The molecule has 0 unspecified atom stereocenters. The maximum atomic E-state index is 12.7. The first-order valence-corrected chi connectivity index (χ1v) is 16.6. The summed E-state index contributed by atoms with van der Waals surface area (Å²) in [5.74, 6) is 0.133. The van der Waals surface area contributed by atoms with Gasteiger partial charge in [0.1, 0.15) is 17.9 Å². The van der Waals surface area contributed by atoms with E-state index >= 15 is 0 Å². The van der Waals surface area contributed by atoms with Crippen LogP contribution in [0, 0.1) is 0 Å². The van der Waals surface area contributed by atoms with Crippen LogP contribution >= 0.6 is 0 Å². The molecular formula is C33H39N11O7. The van der Waals surface area contributed by atoms with Gasteiger partial charge in [-0.3, -0.25) is 9.55 Å². The number of aromatic hydroxyl groups is 1. The molecule has 0 radical (unpaired) electrons. The third-order valence-corrected chi connectivity index (χ3v) is 9.46. The number of aromatic nitrogens is 7. The fourth-order valence-electron chi connectivity index (χ4n) is 6.91. The summed E-state index contributed by atoms with van der Waals surface area (Å²) in [6.45, 7) is 0.0760. The van der Waals surface area contributed by atoms with Gasteiger partial charge in [-0.25, -0.2) is 14.6 Å². The van der Waals surface area contributed by atoms with E-state index in [1.54, 1.807) is 29.1 Å². The number of H-pyrrole nitrogens is 1. The Bertz CT molecular complexity index is 2040. The van der Waals surface area contributed by atoms with Crippen LogP contribution in [0.15, 0.2) is 66.0 Å². The van der Waals surface area contributed by atoms with E-state index in [1.807, 2.05) is 35.2 Å². The molecule has 268 valence electrons. The number of pyridine rings is 1. The van der Waals surface area contributed by atoms with Crippen LogP contribution in [-0.2, 0) is 13.0 Å². The van der Waals surface area contributed by atoms with Crippen molar-refractivity contribution < 1.29 is 30.3 Å². The number of aliphatic hydroxyl groups excluding tert-OH is 4. The third kappa shape index (κ3) is 6.81. The summed E-state index contributed by atoms with van der Waals surface area (Å²) in [5.41, 5.74) is 1.39. The van der Waals surface area contributed by atoms with Gasteiger partial charge in [0.05, 0.1) is 49.6 Å². The van der Waals surface area contributed by atoms with Crippen molar-refractivity contribution in [3.05, 3.63) is 82.9 Å². The van der Waals surface area contributed by atoms with E-state index < -0.39 is 48.5 Å². The van der Waals surface area contributed by atoms with Crippen LogP contribution in [0.2, 0.25) is 0 Å². The molecule has 5 aromatic rings. The lowest BCUT2D eigenvalue weighted by Crippen LogP contribution is -2.40. The Kier molecular flexibility index (Phi) is 9.54. The van der Waals surface area contributed by atoms with E-state index in [4.69, 9.17) is 9.97 Å². The van der Waals surface area contributed by atoms with Gasteiger partial charge in [0.25, 0.3) is 0 Å². The second-order valence-corrected chi connectivity index (χ2v) is 12.8. The molecule has 1 saturated heterocycles. The smallest absolute Gasteiger partial charge is 0.329 e. The highest BCUT2D eigenvalue weighted by Gasteiger charge is 2.46. The van der Waals surface area contributed by atoms with Crippen molar-refractivity contribution in [1.82, 2.24) is 39.4 Å². The molecule has 1 aromatic carbocycles. The van der Waals surface area contributed by atoms with E-state index in [9.17, 15) is 35.1 Å². The van der Waals surface area contributed by atoms with Crippen LogP contribution in [0.1, 0.15) is 36.2 Å². The summed E-state index contributed by atoms with van der Waals surface area (Å²) in [6, 6.07) is 10.2. The molecule has 18 nitrogen and oxygen atoms in total. The first-order valence-electron chi connectivity index (χ1n) is 16.6. The number of aliphatic hydroxyl groups is 4. The Morgan fingerprint density at radius 1 is 1.06 bits per heavy atom. The molecule has 5 heterocycles. The summed E-state index contributed by atoms with van der Waals surface area (Å²) >= 11 is 0. The summed E-state index contributed by atoms with van der Waals surface area (Å²) in [7, 11) is 0. The maximum absolute atomic E-state index is 12.7. The zero-order valence-electron chi connectivity index (χ0n) is 27.4. The number of urea groups is 1. The van der Waals surface area contributed by atoms with E-state index in [2.05, 4.69) is 30.9 Å². The number of amides is 2. The molecule has 0 spiro atoms. The predicted octanol–water partition coefficient (Wildman–Crippen LogP) is 0.233. The zero-order chi connectivity index (χ0) is 35.6. The first kappa shape index (κ1) is 33.9. The SMILES string of the molecule is O=C(Nc1cccnc1)N[C@@H]1CCN(c2nc(N[C@H](CO)Cc3ccccc3)c3ncn([C@@H]4C[C@H](n5c(O)c(CO)[nH]c5=O)[C@@H](O)[C@H]4O)c3n2)C1. The number of nitrogens with one attached hydrogen (secondary N) is 4. The number of hydrogen-bond acceptors (Lipinski definition) is 13. The maximum Gasteiger partial charge on any atom is 0.329 e. The molecule has 9 N–H and O–H groups in total. The monoisotopic (exact) mass is 701 g/mol. The number of fused-ring (bicyclic) bond motifs is 1. The second-order valence-electron chi connectivity index (χ2n) is 12.8. The zero-order valence-corrected chi connectivity index (χ0v) is 27.4. The molecule has 6 atom stereocenters. The Balaban J connectivity index is 1.19. The lowest BCUT2D eigenvalue weighted by atomic mass is 10.1. The minimum absolute atomic E-state index is 0.0150. The minimum atomic E-state index is -1.45. The summed E-state index contributed by atoms with van der Waals surface area (Å²) in [5, 5.41) is 61.9. The molecule has 2 aliphatic rings. The van der Waals surface area contributed by atoms with Crippen LogP contribution in [0.3, 0.4) is 0 Å². The molecule has 4 aromatic heterocycles. The van der Waals surface area contributed by atoms with Crippen molar-refractivity contribution in [3.63, 3.8) is 0 Å². The number of benzene rings is 1.